The highest BCUT2D eigenvalue weighted by Crippen LogP contribution is 2.24. The van der Waals surface area contributed by atoms with E-state index in [4.69, 9.17) is 11.6 Å². The molecule has 1 atom stereocenters. The summed E-state index contributed by atoms with van der Waals surface area (Å²) < 4.78 is 2.60. The van der Waals surface area contributed by atoms with Gasteiger partial charge in [0.2, 0.25) is 5.91 Å². The minimum Gasteiger partial charge on any atom is -0.355 e. The molecule has 0 fully saturated rings. The molecule has 1 amide bonds. The molecule has 102 valence electrons. The number of likely N-dealkylation sites (N-methyl/N-ethyl adjacent to an activating group) is 1. The van der Waals surface area contributed by atoms with Gasteiger partial charge in [-0.05, 0) is 35.8 Å². The van der Waals surface area contributed by atoms with Crippen molar-refractivity contribution < 1.29 is 4.79 Å². The summed E-state index contributed by atoms with van der Waals surface area (Å²) in [5.74, 6) is 0.568. The number of rotatable bonds is 4. The summed E-state index contributed by atoms with van der Waals surface area (Å²) in [7, 11) is 0. The second kappa shape index (κ2) is 5.88. The van der Waals surface area contributed by atoms with Gasteiger partial charge in [0.05, 0.1) is 5.38 Å². The minimum atomic E-state index is -0.289. The van der Waals surface area contributed by atoms with Gasteiger partial charge in [-0.1, -0.05) is 0 Å². The highest BCUT2D eigenvalue weighted by molar-refractivity contribution is 9.10. The maximum Gasteiger partial charge on any atom is 0.240 e. The van der Waals surface area contributed by atoms with Crippen molar-refractivity contribution in [3.63, 3.8) is 0 Å². The van der Waals surface area contributed by atoms with E-state index in [2.05, 4.69) is 31.2 Å². The largest absolute Gasteiger partial charge is 0.355 e. The zero-order valence-corrected chi connectivity index (χ0v) is 13.0. The molecule has 0 spiro atoms. The van der Waals surface area contributed by atoms with Crippen molar-refractivity contribution in [1.29, 1.82) is 0 Å². The average molecular weight is 346 g/mol. The average Bonchev–Trinajstić information content (AvgIpc) is 2.67. The summed E-state index contributed by atoms with van der Waals surface area (Å²) in [6.07, 6.45) is 1.68. The Labute approximate surface area is 124 Å². The molecule has 2 aromatic heterocycles. The summed E-state index contributed by atoms with van der Waals surface area (Å²) in [5, 5.41) is 2.47. The van der Waals surface area contributed by atoms with Crippen LogP contribution in [0.5, 0.6) is 0 Å². The van der Waals surface area contributed by atoms with Crippen LogP contribution in [0.4, 0.5) is 0 Å². The Balaban J connectivity index is 2.49. The first kappa shape index (κ1) is 14.3. The number of aromatic nitrogens is 3. The number of fused-ring (bicyclic) bond motifs is 1. The molecule has 2 rings (SSSR count). The Kier molecular flexibility index (Phi) is 4.42. The summed E-state index contributed by atoms with van der Waals surface area (Å²) in [4.78, 5) is 20.5. The van der Waals surface area contributed by atoms with Crippen LogP contribution in [0.15, 0.2) is 16.7 Å². The molecule has 1 unspecified atom stereocenters. The van der Waals surface area contributed by atoms with Crippen molar-refractivity contribution in [2.75, 3.05) is 6.54 Å². The molecule has 0 radical (unpaired) electrons. The third-order valence-electron chi connectivity index (χ3n) is 2.61. The number of nitrogens with one attached hydrogen (secondary N) is 1. The molecule has 7 heteroatoms. The molecule has 0 aliphatic heterocycles. The zero-order valence-electron chi connectivity index (χ0n) is 10.7. The summed E-state index contributed by atoms with van der Waals surface area (Å²) >= 11 is 9.48. The predicted octanol–water partition coefficient (Wildman–Crippen LogP) is 2.63. The number of imidazole rings is 1. The summed E-state index contributed by atoms with van der Waals surface area (Å²) in [5.41, 5.74) is 1.39. The molecule has 0 aliphatic carbocycles. The van der Waals surface area contributed by atoms with E-state index in [-0.39, 0.29) is 17.8 Å². The van der Waals surface area contributed by atoms with E-state index in [1.165, 1.54) is 0 Å². The molecular formula is C12H14BrClN4O. The molecule has 5 nitrogen and oxygen atoms in total. The molecule has 2 aromatic rings. The molecule has 2 heterocycles. The highest BCUT2D eigenvalue weighted by Gasteiger charge is 2.18. The van der Waals surface area contributed by atoms with Crippen molar-refractivity contribution in [2.45, 2.75) is 25.8 Å². The monoisotopic (exact) mass is 344 g/mol. The van der Waals surface area contributed by atoms with Crippen molar-refractivity contribution in [1.82, 2.24) is 19.9 Å². The second-order valence-corrected chi connectivity index (χ2v) is 5.69. The van der Waals surface area contributed by atoms with Crippen LogP contribution < -0.4 is 5.32 Å². The van der Waals surface area contributed by atoms with Crippen LogP contribution in [0.1, 0.15) is 25.0 Å². The second-order valence-electron chi connectivity index (χ2n) is 4.12. The normalized spacial score (nSPS) is 12.6. The van der Waals surface area contributed by atoms with Gasteiger partial charge < -0.3 is 9.88 Å². The molecule has 0 aliphatic rings. The smallest absolute Gasteiger partial charge is 0.240 e. The van der Waals surface area contributed by atoms with Crippen LogP contribution in [0.2, 0.25) is 0 Å². The standard InChI is InChI=1S/C12H14BrClN4O/c1-3-15-10(19)6-18-11(7(2)14)17-9-4-8(13)5-16-12(9)18/h4-5,7H,3,6H2,1-2H3,(H,15,19). The summed E-state index contributed by atoms with van der Waals surface area (Å²) in [6, 6.07) is 1.86. The van der Waals surface area contributed by atoms with Gasteiger partial charge in [0.25, 0.3) is 0 Å². The zero-order chi connectivity index (χ0) is 14.0. The van der Waals surface area contributed by atoms with Crippen LogP contribution in [-0.4, -0.2) is 27.0 Å². The third-order valence-corrected chi connectivity index (χ3v) is 3.24. The van der Waals surface area contributed by atoms with Gasteiger partial charge in [-0.3, -0.25) is 4.79 Å². The Morgan fingerprint density at radius 2 is 2.37 bits per heavy atom. The molecule has 0 bridgehead atoms. The van der Waals surface area contributed by atoms with E-state index in [0.717, 1.165) is 9.99 Å². The molecule has 0 saturated carbocycles. The fourth-order valence-electron chi connectivity index (χ4n) is 1.86. The Hall–Kier alpha value is -1.14. The summed E-state index contributed by atoms with van der Waals surface area (Å²) in [6.45, 7) is 4.47. The SMILES string of the molecule is CCNC(=O)Cn1c(C(C)Cl)nc2cc(Br)cnc21. The van der Waals surface area contributed by atoms with Crippen LogP contribution in [0.25, 0.3) is 11.2 Å². The first-order valence-corrected chi connectivity index (χ1v) is 7.18. The first-order chi connectivity index (χ1) is 9.02. The Morgan fingerprint density at radius 3 is 3.00 bits per heavy atom. The maximum atomic E-state index is 11.8. The van der Waals surface area contributed by atoms with Crippen molar-refractivity contribution in [3.05, 3.63) is 22.6 Å². The Morgan fingerprint density at radius 1 is 1.63 bits per heavy atom. The van der Waals surface area contributed by atoms with Crippen molar-refractivity contribution in [2.24, 2.45) is 0 Å². The number of pyridine rings is 1. The van der Waals surface area contributed by atoms with E-state index in [0.29, 0.717) is 18.0 Å². The number of alkyl halides is 1. The molecular weight excluding hydrogens is 332 g/mol. The number of hydrogen-bond acceptors (Lipinski definition) is 3. The lowest BCUT2D eigenvalue weighted by atomic mass is 10.4. The van der Waals surface area contributed by atoms with Crippen LogP contribution in [0.3, 0.4) is 0 Å². The topological polar surface area (TPSA) is 59.8 Å². The van der Waals surface area contributed by atoms with E-state index in [1.807, 2.05) is 19.9 Å². The maximum absolute atomic E-state index is 11.8. The van der Waals surface area contributed by atoms with Gasteiger partial charge in [0, 0.05) is 17.2 Å². The molecule has 19 heavy (non-hydrogen) atoms. The lowest BCUT2D eigenvalue weighted by Gasteiger charge is -2.09. The van der Waals surface area contributed by atoms with Crippen LogP contribution in [-0.2, 0) is 11.3 Å². The van der Waals surface area contributed by atoms with Crippen molar-refractivity contribution in [3.8, 4) is 0 Å². The number of carbonyl (C=O) groups excluding carboxylic acids is 1. The van der Waals surface area contributed by atoms with E-state index < -0.39 is 0 Å². The van der Waals surface area contributed by atoms with Gasteiger partial charge in [0.1, 0.15) is 17.9 Å². The van der Waals surface area contributed by atoms with E-state index in [9.17, 15) is 4.79 Å². The fourth-order valence-corrected chi connectivity index (χ4v) is 2.35. The van der Waals surface area contributed by atoms with E-state index in [1.54, 1.807) is 10.8 Å². The number of hydrogen-bond donors (Lipinski definition) is 1. The van der Waals surface area contributed by atoms with Crippen LogP contribution >= 0.6 is 27.5 Å². The fraction of sp³-hybridized carbons (Fsp3) is 0.417. The molecule has 1 N–H and O–H groups in total. The molecule has 0 aromatic carbocycles. The third kappa shape index (κ3) is 3.06. The van der Waals surface area contributed by atoms with Gasteiger partial charge in [-0.2, -0.15) is 0 Å². The van der Waals surface area contributed by atoms with Gasteiger partial charge >= 0.3 is 0 Å². The minimum absolute atomic E-state index is 0.0786. The lowest BCUT2D eigenvalue weighted by molar-refractivity contribution is -0.121. The van der Waals surface area contributed by atoms with Gasteiger partial charge in [-0.15, -0.1) is 11.6 Å². The predicted molar refractivity (Wildman–Crippen MR) is 78.2 cm³/mol. The van der Waals surface area contributed by atoms with Gasteiger partial charge in [0.15, 0.2) is 5.65 Å². The number of amides is 1. The number of carbonyl (C=O) groups is 1. The van der Waals surface area contributed by atoms with E-state index >= 15 is 0 Å². The molecule has 0 saturated heterocycles. The van der Waals surface area contributed by atoms with Gasteiger partial charge in [-0.25, -0.2) is 9.97 Å². The number of halogens is 2. The highest BCUT2D eigenvalue weighted by atomic mass is 79.9. The quantitative estimate of drug-likeness (QED) is 0.867. The lowest BCUT2D eigenvalue weighted by Crippen LogP contribution is -2.28. The Bertz CT molecular complexity index is 611. The first-order valence-electron chi connectivity index (χ1n) is 5.95. The van der Waals surface area contributed by atoms with Crippen molar-refractivity contribution >= 4 is 44.6 Å². The number of nitrogens with zero attached hydrogens (tertiary/aromatic N) is 3. The van der Waals surface area contributed by atoms with Crippen LogP contribution in [0, 0.1) is 0 Å².